The largest absolute Gasteiger partial charge is 0.350 e. The van der Waals surface area contributed by atoms with Crippen LogP contribution in [0.25, 0.3) is 0 Å². The molecule has 88 valence electrons. The summed E-state index contributed by atoms with van der Waals surface area (Å²) in [5.41, 5.74) is 7.77. The molecule has 0 bridgehead atoms. The minimum absolute atomic E-state index is 0.446. The molecule has 0 unspecified atom stereocenters. The van der Waals surface area contributed by atoms with Gasteiger partial charge in [-0.2, -0.15) is 5.10 Å². The third kappa shape index (κ3) is 2.03. The summed E-state index contributed by atoms with van der Waals surface area (Å²) in [5.74, 6) is 0.944. The van der Waals surface area contributed by atoms with Crippen LogP contribution in [0.15, 0.2) is 23.6 Å². The number of hydrogen-bond donors (Lipinski definition) is 1. The summed E-state index contributed by atoms with van der Waals surface area (Å²) < 4.78 is 0. The van der Waals surface area contributed by atoms with E-state index < -0.39 is 0 Å². The molecule has 3 rings (SSSR count). The van der Waals surface area contributed by atoms with Crippen LogP contribution in [-0.4, -0.2) is 16.7 Å². The second kappa shape index (κ2) is 4.43. The Bertz CT molecular complexity index is 505. The lowest BCUT2D eigenvalue weighted by atomic mass is 10.1. The van der Waals surface area contributed by atoms with Gasteiger partial charge >= 0.3 is 0 Å². The highest BCUT2D eigenvalue weighted by Crippen LogP contribution is 2.26. The quantitative estimate of drug-likeness (QED) is 0.873. The number of nitrogens with two attached hydrogens (primary N) is 1. The number of hydrogen-bond acceptors (Lipinski definition) is 5. The molecule has 1 aliphatic heterocycles. The molecule has 4 nitrogen and oxygen atoms in total. The maximum Gasteiger partial charge on any atom is 0.151 e. The fraction of sp³-hybridized carbons (Fsp3) is 0.333. The number of thiophene rings is 1. The molecule has 2 aromatic rings. The standard InChI is InChI=1S/C12H14N4S/c13-7-10-1-2-12(15-14-10)16-5-3-11-9(8-16)4-6-17-11/h1-2,4,6H,3,5,7-8,13H2. The fourth-order valence-corrected chi connectivity index (χ4v) is 2.96. The highest BCUT2D eigenvalue weighted by molar-refractivity contribution is 7.10. The monoisotopic (exact) mass is 246 g/mol. The van der Waals surface area contributed by atoms with Crippen molar-refractivity contribution in [3.05, 3.63) is 39.7 Å². The van der Waals surface area contributed by atoms with E-state index in [1.807, 2.05) is 23.5 Å². The lowest BCUT2D eigenvalue weighted by Crippen LogP contribution is -2.30. The Morgan fingerprint density at radius 1 is 1.29 bits per heavy atom. The topological polar surface area (TPSA) is 55.0 Å². The van der Waals surface area contributed by atoms with Gasteiger partial charge in [0.05, 0.1) is 5.69 Å². The van der Waals surface area contributed by atoms with Crippen LogP contribution >= 0.6 is 11.3 Å². The van der Waals surface area contributed by atoms with E-state index in [0.29, 0.717) is 6.54 Å². The van der Waals surface area contributed by atoms with Crippen molar-refractivity contribution in [2.24, 2.45) is 5.73 Å². The number of nitrogens with zero attached hydrogens (tertiary/aromatic N) is 3. The van der Waals surface area contributed by atoms with Gasteiger partial charge in [0.15, 0.2) is 5.82 Å². The second-order valence-corrected chi connectivity index (χ2v) is 5.13. The molecule has 0 atom stereocenters. The summed E-state index contributed by atoms with van der Waals surface area (Å²) in [4.78, 5) is 3.77. The molecule has 1 aliphatic rings. The van der Waals surface area contributed by atoms with Crippen LogP contribution in [0.5, 0.6) is 0 Å². The molecule has 0 radical (unpaired) electrons. The first-order valence-corrected chi connectivity index (χ1v) is 6.57. The zero-order valence-electron chi connectivity index (χ0n) is 9.47. The number of fused-ring (bicyclic) bond motifs is 1. The molecular weight excluding hydrogens is 232 g/mol. The van der Waals surface area contributed by atoms with Gasteiger partial charge in [-0.1, -0.05) is 0 Å². The van der Waals surface area contributed by atoms with Crippen molar-refractivity contribution in [3.8, 4) is 0 Å². The maximum atomic E-state index is 5.51. The highest BCUT2D eigenvalue weighted by Gasteiger charge is 2.18. The maximum absolute atomic E-state index is 5.51. The van der Waals surface area contributed by atoms with Crippen molar-refractivity contribution in [1.29, 1.82) is 0 Å². The van der Waals surface area contributed by atoms with Crippen molar-refractivity contribution in [2.75, 3.05) is 11.4 Å². The van der Waals surface area contributed by atoms with Gasteiger partial charge in [-0.3, -0.25) is 0 Å². The van der Waals surface area contributed by atoms with Crippen molar-refractivity contribution in [3.63, 3.8) is 0 Å². The van der Waals surface area contributed by atoms with Gasteiger partial charge in [-0.05, 0) is 35.6 Å². The molecule has 0 fully saturated rings. The average molecular weight is 246 g/mol. The van der Waals surface area contributed by atoms with Crippen LogP contribution in [0.1, 0.15) is 16.1 Å². The fourth-order valence-electron chi connectivity index (χ4n) is 2.07. The Labute approximate surface area is 104 Å². The smallest absolute Gasteiger partial charge is 0.151 e. The van der Waals surface area contributed by atoms with Gasteiger partial charge < -0.3 is 10.6 Å². The van der Waals surface area contributed by atoms with Gasteiger partial charge in [0.2, 0.25) is 0 Å². The molecule has 2 aromatic heterocycles. The normalized spacial score (nSPS) is 14.8. The Morgan fingerprint density at radius 2 is 2.24 bits per heavy atom. The summed E-state index contributed by atoms with van der Waals surface area (Å²) in [6.45, 7) is 2.40. The summed E-state index contributed by atoms with van der Waals surface area (Å²) in [5, 5.41) is 10.5. The summed E-state index contributed by atoms with van der Waals surface area (Å²) in [7, 11) is 0. The van der Waals surface area contributed by atoms with Gasteiger partial charge in [0.25, 0.3) is 0 Å². The van der Waals surface area contributed by atoms with E-state index in [9.17, 15) is 0 Å². The van der Waals surface area contributed by atoms with Crippen LogP contribution < -0.4 is 10.6 Å². The van der Waals surface area contributed by atoms with Gasteiger partial charge in [0.1, 0.15) is 0 Å². The Kier molecular flexibility index (Phi) is 2.78. The average Bonchev–Trinajstić information content (AvgIpc) is 2.86. The molecule has 17 heavy (non-hydrogen) atoms. The predicted molar refractivity (Wildman–Crippen MR) is 69.0 cm³/mol. The zero-order chi connectivity index (χ0) is 11.7. The Hall–Kier alpha value is -1.46. The number of rotatable bonds is 2. The van der Waals surface area contributed by atoms with E-state index in [1.165, 1.54) is 10.4 Å². The molecule has 0 amide bonds. The summed E-state index contributed by atoms with van der Waals surface area (Å²) in [6.07, 6.45) is 1.10. The molecule has 5 heteroatoms. The zero-order valence-corrected chi connectivity index (χ0v) is 10.3. The number of anilines is 1. The summed E-state index contributed by atoms with van der Waals surface area (Å²) in [6, 6.07) is 6.16. The molecule has 0 saturated carbocycles. The Morgan fingerprint density at radius 3 is 3.00 bits per heavy atom. The lowest BCUT2D eigenvalue weighted by Gasteiger charge is -2.27. The van der Waals surface area contributed by atoms with E-state index in [4.69, 9.17) is 5.73 Å². The van der Waals surface area contributed by atoms with Crippen molar-refractivity contribution >= 4 is 17.2 Å². The molecule has 0 spiro atoms. The van der Waals surface area contributed by atoms with Gasteiger partial charge in [-0.15, -0.1) is 16.4 Å². The first-order valence-electron chi connectivity index (χ1n) is 5.69. The molecule has 0 aromatic carbocycles. The number of aromatic nitrogens is 2. The van der Waals surface area contributed by atoms with Gasteiger partial charge in [-0.25, -0.2) is 0 Å². The second-order valence-electron chi connectivity index (χ2n) is 4.13. The third-order valence-electron chi connectivity index (χ3n) is 3.05. The molecule has 2 N–H and O–H groups in total. The molecular formula is C12H14N4S. The molecule has 0 saturated heterocycles. The van der Waals surface area contributed by atoms with Crippen LogP contribution in [0.2, 0.25) is 0 Å². The minimum atomic E-state index is 0.446. The first-order chi connectivity index (χ1) is 8.36. The highest BCUT2D eigenvalue weighted by atomic mass is 32.1. The van der Waals surface area contributed by atoms with Crippen LogP contribution in [0.3, 0.4) is 0 Å². The van der Waals surface area contributed by atoms with E-state index in [1.54, 1.807) is 0 Å². The summed E-state index contributed by atoms with van der Waals surface area (Å²) >= 11 is 1.85. The van der Waals surface area contributed by atoms with Crippen LogP contribution in [0, 0.1) is 0 Å². The first kappa shape index (κ1) is 10.7. The van der Waals surface area contributed by atoms with E-state index in [2.05, 4.69) is 26.5 Å². The van der Waals surface area contributed by atoms with Gasteiger partial charge in [0, 0.05) is 24.5 Å². The van der Waals surface area contributed by atoms with E-state index >= 15 is 0 Å². The van der Waals surface area contributed by atoms with E-state index in [-0.39, 0.29) is 0 Å². The lowest BCUT2D eigenvalue weighted by molar-refractivity contribution is 0.718. The van der Waals surface area contributed by atoms with Crippen molar-refractivity contribution in [1.82, 2.24) is 10.2 Å². The molecule has 3 heterocycles. The third-order valence-corrected chi connectivity index (χ3v) is 4.07. The van der Waals surface area contributed by atoms with Crippen molar-refractivity contribution < 1.29 is 0 Å². The predicted octanol–water partition coefficient (Wildman–Crippen LogP) is 1.56. The van der Waals surface area contributed by atoms with Crippen LogP contribution in [0.4, 0.5) is 5.82 Å². The minimum Gasteiger partial charge on any atom is -0.350 e. The molecule has 0 aliphatic carbocycles. The Balaban J connectivity index is 1.81. The van der Waals surface area contributed by atoms with Crippen molar-refractivity contribution in [2.45, 2.75) is 19.5 Å². The van der Waals surface area contributed by atoms with E-state index in [0.717, 1.165) is 31.0 Å². The SMILES string of the molecule is NCc1ccc(N2CCc3sccc3C2)nn1. The van der Waals surface area contributed by atoms with Crippen LogP contribution in [-0.2, 0) is 19.5 Å².